The molecule has 0 saturated carbocycles. The lowest BCUT2D eigenvalue weighted by Crippen LogP contribution is -2.39. The molecule has 0 aromatic heterocycles. The zero-order valence-corrected chi connectivity index (χ0v) is 9.05. The molecule has 1 aliphatic heterocycles. The minimum absolute atomic E-state index is 0.337. The van der Waals surface area contributed by atoms with Gasteiger partial charge in [0.25, 0.3) is 0 Å². The van der Waals surface area contributed by atoms with E-state index < -0.39 is 0 Å². The van der Waals surface area contributed by atoms with Crippen molar-refractivity contribution in [1.29, 1.82) is 0 Å². The van der Waals surface area contributed by atoms with Crippen LogP contribution >= 0.6 is 0 Å². The van der Waals surface area contributed by atoms with Crippen molar-refractivity contribution in [3.8, 4) is 0 Å². The fraction of sp³-hybridized carbons (Fsp3) is 0.909. The van der Waals surface area contributed by atoms with Crippen molar-refractivity contribution in [3.05, 3.63) is 0 Å². The SMILES string of the molecule is CCCC1CCC(C)N1C(=O)CC. The summed E-state index contributed by atoms with van der Waals surface area (Å²) >= 11 is 0. The number of hydrogen-bond donors (Lipinski definition) is 0. The summed E-state index contributed by atoms with van der Waals surface area (Å²) in [5.41, 5.74) is 0. The highest BCUT2D eigenvalue weighted by Gasteiger charge is 2.32. The number of rotatable bonds is 3. The minimum Gasteiger partial charge on any atom is -0.337 e. The Morgan fingerprint density at radius 3 is 2.62 bits per heavy atom. The standard InChI is InChI=1S/C11H21NO/c1-4-6-10-8-7-9(3)12(10)11(13)5-2/h9-10H,4-8H2,1-3H3. The van der Waals surface area contributed by atoms with Crippen molar-refractivity contribution in [2.75, 3.05) is 0 Å². The summed E-state index contributed by atoms with van der Waals surface area (Å²) in [6.45, 7) is 6.32. The predicted octanol–water partition coefficient (Wildman–Crippen LogP) is 2.58. The molecule has 0 bridgehead atoms. The van der Waals surface area contributed by atoms with E-state index in [1.165, 1.54) is 25.7 Å². The van der Waals surface area contributed by atoms with Gasteiger partial charge in [0.05, 0.1) is 0 Å². The van der Waals surface area contributed by atoms with Crippen LogP contribution < -0.4 is 0 Å². The maximum Gasteiger partial charge on any atom is 0.222 e. The summed E-state index contributed by atoms with van der Waals surface area (Å²) in [6.07, 6.45) is 5.42. The van der Waals surface area contributed by atoms with E-state index in [9.17, 15) is 4.79 Å². The Hall–Kier alpha value is -0.530. The quantitative estimate of drug-likeness (QED) is 0.658. The second-order valence-corrected chi connectivity index (χ2v) is 4.02. The zero-order chi connectivity index (χ0) is 9.84. The third-order valence-corrected chi connectivity index (χ3v) is 3.00. The topological polar surface area (TPSA) is 20.3 Å². The molecular weight excluding hydrogens is 162 g/mol. The Bertz CT molecular complexity index is 177. The third-order valence-electron chi connectivity index (χ3n) is 3.00. The summed E-state index contributed by atoms with van der Waals surface area (Å²) in [5, 5.41) is 0. The molecule has 1 rings (SSSR count). The molecule has 76 valence electrons. The molecule has 1 aliphatic rings. The highest BCUT2D eigenvalue weighted by atomic mass is 16.2. The lowest BCUT2D eigenvalue weighted by Gasteiger charge is -2.28. The lowest BCUT2D eigenvalue weighted by atomic mass is 10.1. The van der Waals surface area contributed by atoms with Crippen LogP contribution in [0.15, 0.2) is 0 Å². The van der Waals surface area contributed by atoms with Gasteiger partial charge >= 0.3 is 0 Å². The van der Waals surface area contributed by atoms with Gasteiger partial charge in [0.1, 0.15) is 0 Å². The maximum absolute atomic E-state index is 11.6. The summed E-state index contributed by atoms with van der Waals surface area (Å²) in [4.78, 5) is 13.8. The molecule has 1 fully saturated rings. The number of likely N-dealkylation sites (tertiary alicyclic amines) is 1. The highest BCUT2D eigenvalue weighted by Crippen LogP contribution is 2.27. The molecule has 0 aliphatic carbocycles. The first-order chi connectivity index (χ1) is 6.20. The molecule has 1 heterocycles. The molecule has 0 aromatic carbocycles. The summed E-state index contributed by atoms with van der Waals surface area (Å²) in [7, 11) is 0. The first-order valence-electron chi connectivity index (χ1n) is 5.51. The Kier molecular flexibility index (Phi) is 3.76. The van der Waals surface area contributed by atoms with E-state index in [0.717, 1.165) is 0 Å². The number of nitrogens with zero attached hydrogens (tertiary/aromatic N) is 1. The first kappa shape index (κ1) is 10.6. The van der Waals surface area contributed by atoms with E-state index in [-0.39, 0.29) is 0 Å². The molecule has 2 heteroatoms. The molecular formula is C11H21NO. The van der Waals surface area contributed by atoms with Crippen molar-refractivity contribution in [2.24, 2.45) is 0 Å². The van der Waals surface area contributed by atoms with E-state index >= 15 is 0 Å². The van der Waals surface area contributed by atoms with Crippen molar-refractivity contribution in [3.63, 3.8) is 0 Å². The second-order valence-electron chi connectivity index (χ2n) is 4.02. The predicted molar refractivity (Wildman–Crippen MR) is 54.5 cm³/mol. The van der Waals surface area contributed by atoms with Crippen LogP contribution in [0.3, 0.4) is 0 Å². The molecule has 2 nitrogen and oxygen atoms in total. The summed E-state index contributed by atoms with van der Waals surface area (Å²) in [6, 6.07) is 1.01. The Morgan fingerprint density at radius 2 is 2.08 bits per heavy atom. The van der Waals surface area contributed by atoms with Gasteiger partial charge < -0.3 is 4.90 Å². The van der Waals surface area contributed by atoms with Gasteiger partial charge in [-0.1, -0.05) is 20.3 Å². The molecule has 0 radical (unpaired) electrons. The zero-order valence-electron chi connectivity index (χ0n) is 9.05. The monoisotopic (exact) mass is 183 g/mol. The Morgan fingerprint density at radius 1 is 1.38 bits per heavy atom. The van der Waals surface area contributed by atoms with Gasteiger partial charge in [0.15, 0.2) is 0 Å². The van der Waals surface area contributed by atoms with E-state index in [1.807, 2.05) is 6.92 Å². The van der Waals surface area contributed by atoms with Crippen LogP contribution in [0, 0.1) is 0 Å². The third kappa shape index (κ3) is 2.23. The van der Waals surface area contributed by atoms with Gasteiger partial charge in [-0.15, -0.1) is 0 Å². The molecule has 0 aromatic rings. The Labute approximate surface area is 81.3 Å². The van der Waals surface area contributed by atoms with E-state index in [2.05, 4.69) is 18.7 Å². The Balaban J connectivity index is 2.59. The molecule has 0 N–H and O–H groups in total. The average molecular weight is 183 g/mol. The second kappa shape index (κ2) is 4.64. The molecule has 1 amide bonds. The van der Waals surface area contributed by atoms with Gasteiger partial charge in [-0.05, 0) is 26.2 Å². The van der Waals surface area contributed by atoms with Crippen molar-refractivity contribution in [1.82, 2.24) is 4.90 Å². The van der Waals surface area contributed by atoms with Gasteiger partial charge in [0, 0.05) is 18.5 Å². The van der Waals surface area contributed by atoms with Crippen LogP contribution in [-0.2, 0) is 4.79 Å². The van der Waals surface area contributed by atoms with Crippen molar-refractivity contribution < 1.29 is 4.79 Å². The normalized spacial score (nSPS) is 28.1. The molecule has 1 saturated heterocycles. The van der Waals surface area contributed by atoms with Crippen LogP contribution in [0.2, 0.25) is 0 Å². The minimum atomic E-state index is 0.337. The maximum atomic E-state index is 11.6. The van der Waals surface area contributed by atoms with Crippen LogP contribution in [0.5, 0.6) is 0 Å². The molecule has 2 unspecified atom stereocenters. The highest BCUT2D eigenvalue weighted by molar-refractivity contribution is 5.76. The molecule has 0 spiro atoms. The molecule has 13 heavy (non-hydrogen) atoms. The fourth-order valence-electron chi connectivity index (χ4n) is 2.32. The number of carbonyl (C=O) groups is 1. The van der Waals surface area contributed by atoms with Crippen molar-refractivity contribution in [2.45, 2.75) is 65.0 Å². The largest absolute Gasteiger partial charge is 0.337 e. The van der Waals surface area contributed by atoms with Crippen LogP contribution in [0.1, 0.15) is 52.9 Å². The van der Waals surface area contributed by atoms with Crippen LogP contribution in [-0.4, -0.2) is 22.9 Å². The van der Waals surface area contributed by atoms with E-state index in [0.29, 0.717) is 24.4 Å². The first-order valence-corrected chi connectivity index (χ1v) is 5.51. The van der Waals surface area contributed by atoms with Gasteiger partial charge in [-0.2, -0.15) is 0 Å². The smallest absolute Gasteiger partial charge is 0.222 e. The molecule has 2 atom stereocenters. The van der Waals surface area contributed by atoms with Crippen molar-refractivity contribution >= 4 is 5.91 Å². The van der Waals surface area contributed by atoms with Gasteiger partial charge in [0.2, 0.25) is 5.91 Å². The number of carbonyl (C=O) groups excluding carboxylic acids is 1. The average Bonchev–Trinajstić information content (AvgIpc) is 2.47. The van der Waals surface area contributed by atoms with Gasteiger partial charge in [-0.25, -0.2) is 0 Å². The van der Waals surface area contributed by atoms with Crippen LogP contribution in [0.4, 0.5) is 0 Å². The van der Waals surface area contributed by atoms with Gasteiger partial charge in [-0.3, -0.25) is 4.79 Å². The van der Waals surface area contributed by atoms with E-state index in [1.54, 1.807) is 0 Å². The number of amides is 1. The fourth-order valence-corrected chi connectivity index (χ4v) is 2.32. The van der Waals surface area contributed by atoms with Crippen LogP contribution in [0.25, 0.3) is 0 Å². The van der Waals surface area contributed by atoms with E-state index in [4.69, 9.17) is 0 Å². The lowest BCUT2D eigenvalue weighted by molar-refractivity contribution is -0.133. The number of hydrogen-bond acceptors (Lipinski definition) is 1. The summed E-state index contributed by atoms with van der Waals surface area (Å²) < 4.78 is 0. The summed E-state index contributed by atoms with van der Waals surface area (Å²) in [5.74, 6) is 0.337.